The molecule has 2 aliphatic carbocycles. The van der Waals surface area contributed by atoms with Crippen molar-refractivity contribution in [1.82, 2.24) is 5.32 Å². The van der Waals surface area contributed by atoms with Crippen molar-refractivity contribution < 1.29 is 9.59 Å². The summed E-state index contributed by atoms with van der Waals surface area (Å²) in [6, 6.07) is 17.5. The van der Waals surface area contributed by atoms with Crippen LogP contribution in [-0.2, 0) is 4.79 Å². The van der Waals surface area contributed by atoms with Gasteiger partial charge in [-0.1, -0.05) is 61.7 Å². The first-order chi connectivity index (χ1) is 15.2. The van der Waals surface area contributed by atoms with Crippen LogP contribution < -0.4 is 15.5 Å². The van der Waals surface area contributed by atoms with Crippen LogP contribution in [0.25, 0.3) is 0 Å². The number of nitrogens with zero attached hydrogens (tertiary/aromatic N) is 1. The Morgan fingerprint density at radius 1 is 0.903 bits per heavy atom. The Morgan fingerprint density at radius 2 is 1.65 bits per heavy atom. The minimum absolute atomic E-state index is 0.123. The van der Waals surface area contributed by atoms with E-state index in [0.717, 1.165) is 66.7 Å². The fourth-order valence-electron chi connectivity index (χ4n) is 5.20. The normalized spacial score (nSPS) is 21.6. The number of hydrogen-bond acceptors (Lipinski definition) is 3. The van der Waals surface area contributed by atoms with Gasteiger partial charge in [0.05, 0.1) is 17.4 Å². The molecule has 1 atom stereocenters. The Bertz CT molecular complexity index is 1010. The van der Waals surface area contributed by atoms with Crippen molar-refractivity contribution in [2.75, 3.05) is 10.2 Å². The Kier molecular flexibility index (Phi) is 5.49. The van der Waals surface area contributed by atoms with Gasteiger partial charge < -0.3 is 10.6 Å². The average Bonchev–Trinajstić information content (AvgIpc) is 2.95. The number of hydrogen-bond donors (Lipinski definition) is 2. The number of para-hydroxylation sites is 2. The van der Waals surface area contributed by atoms with Crippen LogP contribution >= 0.6 is 0 Å². The van der Waals surface area contributed by atoms with Crippen LogP contribution in [0.15, 0.2) is 65.9 Å². The molecule has 0 radical (unpaired) electrons. The number of amides is 2. The number of anilines is 2. The largest absolute Gasteiger partial charge is 0.357 e. The number of rotatable bonds is 2. The van der Waals surface area contributed by atoms with E-state index in [1.54, 1.807) is 0 Å². The number of ketones is 1. The second-order valence-electron chi connectivity index (χ2n) is 8.78. The zero-order valence-corrected chi connectivity index (χ0v) is 17.8. The van der Waals surface area contributed by atoms with E-state index in [2.05, 4.69) is 10.6 Å². The molecule has 2 aromatic carbocycles. The van der Waals surface area contributed by atoms with E-state index in [4.69, 9.17) is 0 Å². The molecule has 0 unspecified atom stereocenters. The van der Waals surface area contributed by atoms with Gasteiger partial charge in [-0.05, 0) is 43.4 Å². The highest BCUT2D eigenvalue weighted by Crippen LogP contribution is 2.44. The lowest BCUT2D eigenvalue weighted by Gasteiger charge is -2.35. The minimum Gasteiger partial charge on any atom is -0.357 e. The molecule has 160 valence electrons. The molecule has 1 saturated carbocycles. The van der Waals surface area contributed by atoms with Gasteiger partial charge in [0.15, 0.2) is 5.78 Å². The molecule has 5 rings (SSSR count). The lowest BCUT2D eigenvalue weighted by molar-refractivity contribution is -0.116. The van der Waals surface area contributed by atoms with Gasteiger partial charge in [0, 0.05) is 23.7 Å². The predicted molar refractivity (Wildman–Crippen MR) is 123 cm³/mol. The van der Waals surface area contributed by atoms with Gasteiger partial charge in [0.2, 0.25) is 0 Å². The van der Waals surface area contributed by atoms with Gasteiger partial charge in [-0.2, -0.15) is 0 Å². The number of allylic oxidation sites excluding steroid dienone is 1. The van der Waals surface area contributed by atoms with Crippen LogP contribution in [0.4, 0.5) is 16.2 Å². The number of carbonyl (C=O) groups is 2. The molecule has 0 saturated heterocycles. The monoisotopic (exact) mass is 415 g/mol. The summed E-state index contributed by atoms with van der Waals surface area (Å²) in [5.74, 6) is 0.130. The van der Waals surface area contributed by atoms with E-state index < -0.39 is 6.04 Å². The second-order valence-corrected chi connectivity index (χ2v) is 8.78. The standard InChI is InChI=1S/C26H29N3O2/c30-23-17-9-15-21-24(23)25(18-10-3-1-4-11-18)29(22-16-8-7-14-20(22)28-21)26(31)27-19-12-5-2-6-13-19/h1,3-4,7-8,10-11,14,16,19,25,28H,2,5-6,9,12-13,15,17H2,(H,27,31)/t25-/m0/s1. The van der Waals surface area contributed by atoms with Gasteiger partial charge in [-0.3, -0.25) is 9.69 Å². The van der Waals surface area contributed by atoms with Crippen LogP contribution in [0.3, 0.4) is 0 Å². The van der Waals surface area contributed by atoms with Crippen molar-refractivity contribution >= 4 is 23.2 Å². The third-order valence-corrected chi connectivity index (χ3v) is 6.70. The smallest absolute Gasteiger partial charge is 0.323 e. The van der Waals surface area contributed by atoms with E-state index >= 15 is 0 Å². The molecule has 2 N–H and O–H groups in total. The topological polar surface area (TPSA) is 61.4 Å². The molecule has 1 aliphatic heterocycles. The summed E-state index contributed by atoms with van der Waals surface area (Å²) in [5.41, 5.74) is 4.33. The summed E-state index contributed by atoms with van der Waals surface area (Å²) in [5, 5.41) is 6.81. The summed E-state index contributed by atoms with van der Waals surface area (Å²) in [6.07, 6.45) is 7.75. The molecule has 5 nitrogen and oxygen atoms in total. The Labute approximate surface area is 183 Å². The van der Waals surface area contributed by atoms with E-state index in [0.29, 0.717) is 6.42 Å². The Hall–Kier alpha value is -3.08. The van der Waals surface area contributed by atoms with E-state index in [1.165, 1.54) is 6.42 Å². The van der Waals surface area contributed by atoms with Crippen molar-refractivity contribution in [2.24, 2.45) is 0 Å². The van der Waals surface area contributed by atoms with Crippen LogP contribution in [0.1, 0.15) is 63.0 Å². The lowest BCUT2D eigenvalue weighted by Crippen LogP contribution is -2.48. The van der Waals surface area contributed by atoms with Gasteiger partial charge >= 0.3 is 6.03 Å². The molecule has 3 aliphatic rings. The maximum atomic E-state index is 13.8. The molecule has 1 fully saturated rings. The van der Waals surface area contributed by atoms with Gasteiger partial charge in [-0.25, -0.2) is 4.79 Å². The van der Waals surface area contributed by atoms with Crippen molar-refractivity contribution in [3.05, 3.63) is 71.4 Å². The van der Waals surface area contributed by atoms with E-state index in [9.17, 15) is 9.59 Å². The molecular weight excluding hydrogens is 386 g/mol. The Morgan fingerprint density at radius 3 is 2.45 bits per heavy atom. The molecule has 31 heavy (non-hydrogen) atoms. The Balaban J connectivity index is 1.64. The molecule has 2 aromatic rings. The number of nitrogens with one attached hydrogen (secondary N) is 2. The lowest BCUT2D eigenvalue weighted by atomic mass is 9.86. The summed E-state index contributed by atoms with van der Waals surface area (Å²) in [7, 11) is 0. The molecule has 0 spiro atoms. The van der Waals surface area contributed by atoms with E-state index in [1.807, 2.05) is 59.5 Å². The van der Waals surface area contributed by atoms with Crippen molar-refractivity contribution in [3.8, 4) is 0 Å². The predicted octanol–water partition coefficient (Wildman–Crippen LogP) is 5.71. The second kappa shape index (κ2) is 8.58. The van der Waals surface area contributed by atoms with Crippen molar-refractivity contribution in [2.45, 2.75) is 63.5 Å². The number of fused-ring (bicyclic) bond motifs is 1. The molecule has 0 aromatic heterocycles. The van der Waals surface area contributed by atoms with Gasteiger partial charge in [0.1, 0.15) is 0 Å². The highest BCUT2D eigenvalue weighted by Gasteiger charge is 2.39. The molecule has 1 heterocycles. The zero-order valence-electron chi connectivity index (χ0n) is 17.8. The van der Waals surface area contributed by atoms with Crippen LogP contribution in [0.2, 0.25) is 0 Å². The number of Topliss-reactive ketones (excluding diaryl/α,β-unsaturated/α-hetero) is 1. The quantitative estimate of drug-likeness (QED) is 0.660. The van der Waals surface area contributed by atoms with Gasteiger partial charge in [0.25, 0.3) is 0 Å². The first-order valence-corrected chi connectivity index (χ1v) is 11.5. The summed E-state index contributed by atoms with van der Waals surface area (Å²) >= 11 is 0. The zero-order chi connectivity index (χ0) is 21.2. The number of carbonyl (C=O) groups excluding carboxylic acids is 2. The third kappa shape index (κ3) is 3.85. The first kappa shape index (κ1) is 19.9. The molecule has 2 amide bonds. The molecule has 0 bridgehead atoms. The van der Waals surface area contributed by atoms with Crippen LogP contribution in [-0.4, -0.2) is 17.9 Å². The SMILES string of the molecule is O=C1CCCC2=C1[C@H](c1ccccc1)N(C(=O)NC1CCCCC1)c1ccccc1N2. The first-order valence-electron chi connectivity index (χ1n) is 11.5. The summed E-state index contributed by atoms with van der Waals surface area (Å²) in [6.45, 7) is 0. The number of benzene rings is 2. The minimum atomic E-state index is -0.441. The van der Waals surface area contributed by atoms with Crippen molar-refractivity contribution in [3.63, 3.8) is 0 Å². The molecule has 5 heteroatoms. The van der Waals surface area contributed by atoms with Gasteiger partial charge in [-0.15, -0.1) is 0 Å². The van der Waals surface area contributed by atoms with Crippen molar-refractivity contribution in [1.29, 1.82) is 0 Å². The highest BCUT2D eigenvalue weighted by molar-refractivity contribution is 6.05. The van der Waals surface area contributed by atoms with E-state index in [-0.39, 0.29) is 17.9 Å². The fraction of sp³-hybridized carbons (Fsp3) is 0.385. The summed E-state index contributed by atoms with van der Waals surface area (Å²) in [4.78, 5) is 28.8. The molecular formula is C26H29N3O2. The maximum Gasteiger partial charge on any atom is 0.323 e. The van der Waals surface area contributed by atoms with Crippen LogP contribution in [0, 0.1) is 0 Å². The number of urea groups is 1. The summed E-state index contributed by atoms with van der Waals surface area (Å²) < 4.78 is 0. The van der Waals surface area contributed by atoms with Crippen LogP contribution in [0.5, 0.6) is 0 Å². The third-order valence-electron chi connectivity index (χ3n) is 6.70. The maximum absolute atomic E-state index is 13.8. The highest BCUT2D eigenvalue weighted by atomic mass is 16.2. The average molecular weight is 416 g/mol. The fourth-order valence-corrected chi connectivity index (χ4v) is 5.20.